The van der Waals surface area contributed by atoms with Crippen LogP contribution in [0.5, 0.6) is 0 Å². The van der Waals surface area contributed by atoms with Gasteiger partial charge >= 0.3 is 6.09 Å². The van der Waals surface area contributed by atoms with Gasteiger partial charge in [0, 0.05) is 13.1 Å². The summed E-state index contributed by atoms with van der Waals surface area (Å²) in [5.41, 5.74) is -1.04. The number of ether oxygens (including phenoxy) is 1. The number of hydrogen-bond acceptors (Lipinski definition) is 4. The molecule has 0 radical (unpaired) electrons. The first kappa shape index (κ1) is 11.6. The van der Waals surface area contributed by atoms with Crippen LogP contribution >= 0.6 is 11.6 Å². The fourth-order valence-corrected chi connectivity index (χ4v) is 1.49. The maximum atomic E-state index is 11.2. The highest BCUT2D eigenvalue weighted by Gasteiger charge is 2.33. The van der Waals surface area contributed by atoms with Crippen LogP contribution in [0.2, 0.25) is 0 Å². The minimum absolute atomic E-state index is 0.167. The Balaban J connectivity index is 2.39. The Morgan fingerprint density at radius 3 is 2.50 bits per heavy atom. The van der Waals surface area contributed by atoms with Crippen LogP contribution in [0.25, 0.3) is 0 Å². The number of nitrogens with zero attached hydrogens (tertiary/aromatic N) is 1. The lowest BCUT2D eigenvalue weighted by molar-refractivity contribution is -0.0565. The van der Waals surface area contributed by atoms with Gasteiger partial charge in [0.25, 0.3) is 0 Å². The molecule has 0 spiro atoms. The van der Waals surface area contributed by atoms with E-state index < -0.39 is 11.7 Å². The molecule has 0 bridgehead atoms. The van der Waals surface area contributed by atoms with Crippen LogP contribution in [-0.2, 0) is 4.74 Å². The Hall–Kier alpha value is -0.520. The largest absolute Gasteiger partial charge is 0.433 e. The van der Waals surface area contributed by atoms with Crippen molar-refractivity contribution in [3.05, 3.63) is 0 Å². The summed E-state index contributed by atoms with van der Waals surface area (Å²) in [6, 6.07) is -0.167. The van der Waals surface area contributed by atoms with Gasteiger partial charge in [-0.25, -0.2) is 4.79 Å². The molecule has 82 valence electrons. The number of rotatable bonds is 2. The summed E-state index contributed by atoms with van der Waals surface area (Å²) in [7, 11) is 0. The second-order valence-electron chi connectivity index (χ2n) is 3.39. The van der Waals surface area contributed by atoms with Crippen molar-refractivity contribution >= 4 is 17.7 Å². The molecule has 0 aromatic heterocycles. The van der Waals surface area contributed by atoms with Crippen LogP contribution < -0.4 is 0 Å². The predicted molar refractivity (Wildman–Crippen MR) is 50.0 cm³/mol. The summed E-state index contributed by atoms with van der Waals surface area (Å²) in [4.78, 5) is 12.6. The van der Waals surface area contributed by atoms with Crippen LogP contribution in [0.3, 0.4) is 0 Å². The Morgan fingerprint density at radius 2 is 2.07 bits per heavy atom. The number of aliphatic hydroxyl groups excluding tert-OH is 1. The van der Waals surface area contributed by atoms with Crippen molar-refractivity contribution in [1.82, 2.24) is 4.90 Å². The lowest BCUT2D eigenvalue weighted by Gasteiger charge is -2.36. The second kappa shape index (κ2) is 4.82. The topological polar surface area (TPSA) is 70.0 Å². The highest BCUT2D eigenvalue weighted by molar-refractivity contribution is 6.17. The van der Waals surface area contributed by atoms with E-state index in [0.29, 0.717) is 25.9 Å². The molecule has 1 fully saturated rings. The zero-order valence-electron chi connectivity index (χ0n) is 7.78. The van der Waals surface area contributed by atoms with Crippen molar-refractivity contribution in [3.63, 3.8) is 0 Å². The number of halogens is 1. The Morgan fingerprint density at radius 1 is 1.50 bits per heavy atom. The van der Waals surface area contributed by atoms with Crippen molar-refractivity contribution in [1.29, 1.82) is 0 Å². The van der Waals surface area contributed by atoms with E-state index in [1.807, 2.05) is 0 Å². The van der Waals surface area contributed by atoms with Crippen LogP contribution in [0.1, 0.15) is 12.8 Å². The quantitative estimate of drug-likeness (QED) is 0.654. The second-order valence-corrected chi connectivity index (χ2v) is 3.61. The van der Waals surface area contributed by atoms with Gasteiger partial charge in [-0.05, 0) is 12.8 Å². The number of aliphatic hydroxyl groups is 2. The Bertz CT molecular complexity index is 204. The van der Waals surface area contributed by atoms with E-state index in [2.05, 4.69) is 4.74 Å². The number of alkyl halides is 1. The van der Waals surface area contributed by atoms with E-state index in [0.717, 1.165) is 0 Å². The average molecular weight is 224 g/mol. The SMILES string of the molecule is O=C(OCCl)N1CCC(O)(CO)CC1. The molecule has 6 heteroatoms. The summed E-state index contributed by atoms with van der Waals surface area (Å²) >= 11 is 5.24. The number of likely N-dealkylation sites (tertiary alicyclic amines) is 1. The monoisotopic (exact) mass is 223 g/mol. The van der Waals surface area contributed by atoms with E-state index in [-0.39, 0.29) is 12.7 Å². The van der Waals surface area contributed by atoms with E-state index in [1.54, 1.807) is 0 Å². The molecule has 1 aliphatic rings. The fraction of sp³-hybridized carbons (Fsp3) is 0.875. The van der Waals surface area contributed by atoms with Crippen molar-refractivity contribution in [2.45, 2.75) is 18.4 Å². The molecule has 0 aliphatic carbocycles. The van der Waals surface area contributed by atoms with Gasteiger partial charge < -0.3 is 19.8 Å². The molecule has 2 N–H and O–H groups in total. The zero-order chi connectivity index (χ0) is 10.6. The molecule has 0 aromatic rings. The van der Waals surface area contributed by atoms with Crippen molar-refractivity contribution in [2.24, 2.45) is 0 Å². The molecule has 1 amide bonds. The van der Waals surface area contributed by atoms with Crippen LogP contribution in [-0.4, -0.2) is 52.6 Å². The highest BCUT2D eigenvalue weighted by atomic mass is 35.5. The third-order valence-electron chi connectivity index (χ3n) is 2.42. The number of piperidine rings is 1. The molecule has 1 rings (SSSR count). The van der Waals surface area contributed by atoms with Gasteiger partial charge in [-0.2, -0.15) is 0 Å². The minimum Gasteiger partial charge on any atom is -0.433 e. The molecule has 5 nitrogen and oxygen atoms in total. The third kappa shape index (κ3) is 2.73. The fourth-order valence-electron chi connectivity index (χ4n) is 1.40. The molecular formula is C8H14ClNO4. The first-order valence-corrected chi connectivity index (χ1v) is 4.96. The third-order valence-corrected chi connectivity index (χ3v) is 2.53. The summed E-state index contributed by atoms with van der Waals surface area (Å²) < 4.78 is 4.59. The highest BCUT2D eigenvalue weighted by Crippen LogP contribution is 2.21. The molecule has 1 aliphatic heterocycles. The molecule has 0 aromatic carbocycles. The summed E-state index contributed by atoms with van der Waals surface area (Å²) in [6.45, 7) is 0.491. The lowest BCUT2D eigenvalue weighted by Crippen LogP contribution is -2.48. The Kier molecular flexibility index (Phi) is 3.97. The normalized spacial score (nSPS) is 20.6. The molecular weight excluding hydrogens is 210 g/mol. The van der Waals surface area contributed by atoms with Gasteiger partial charge in [0.2, 0.25) is 0 Å². The lowest BCUT2D eigenvalue weighted by atomic mass is 9.93. The number of amides is 1. The molecule has 1 saturated heterocycles. The maximum Gasteiger partial charge on any atom is 0.410 e. The molecule has 0 saturated carbocycles. The van der Waals surface area contributed by atoms with Gasteiger partial charge in [0.05, 0.1) is 12.2 Å². The van der Waals surface area contributed by atoms with E-state index in [1.165, 1.54) is 4.90 Å². The number of carbonyl (C=O) groups is 1. The summed E-state index contributed by atoms with van der Waals surface area (Å²) in [5.74, 6) is 0. The van der Waals surface area contributed by atoms with Gasteiger partial charge in [-0.3, -0.25) is 0 Å². The van der Waals surface area contributed by atoms with E-state index >= 15 is 0 Å². The van der Waals surface area contributed by atoms with Crippen LogP contribution in [0.4, 0.5) is 4.79 Å². The van der Waals surface area contributed by atoms with Crippen molar-refractivity contribution in [2.75, 3.05) is 25.8 Å². The van der Waals surface area contributed by atoms with Crippen molar-refractivity contribution < 1.29 is 19.7 Å². The van der Waals surface area contributed by atoms with Gasteiger partial charge in [0.15, 0.2) is 6.07 Å². The van der Waals surface area contributed by atoms with Gasteiger partial charge in [0.1, 0.15) is 0 Å². The molecule has 1 heterocycles. The van der Waals surface area contributed by atoms with Crippen molar-refractivity contribution in [3.8, 4) is 0 Å². The summed E-state index contributed by atoms with van der Waals surface area (Å²) in [6.07, 6.45) is 0.252. The standard InChI is InChI=1S/C8H14ClNO4/c9-6-14-7(12)10-3-1-8(13,5-11)2-4-10/h11,13H,1-6H2. The first-order valence-electron chi connectivity index (χ1n) is 4.42. The van der Waals surface area contributed by atoms with E-state index in [9.17, 15) is 9.90 Å². The number of hydrogen-bond donors (Lipinski definition) is 2. The van der Waals surface area contributed by atoms with Crippen LogP contribution in [0, 0.1) is 0 Å². The first-order chi connectivity index (χ1) is 6.61. The minimum atomic E-state index is -1.04. The average Bonchev–Trinajstić information content (AvgIpc) is 2.19. The maximum absolute atomic E-state index is 11.2. The molecule has 14 heavy (non-hydrogen) atoms. The smallest absolute Gasteiger partial charge is 0.410 e. The van der Waals surface area contributed by atoms with Gasteiger partial charge in [-0.15, -0.1) is 0 Å². The van der Waals surface area contributed by atoms with Gasteiger partial charge in [-0.1, -0.05) is 11.6 Å². The molecule has 0 unspecified atom stereocenters. The van der Waals surface area contributed by atoms with Crippen LogP contribution in [0.15, 0.2) is 0 Å². The Labute approximate surface area is 87.2 Å². The zero-order valence-corrected chi connectivity index (χ0v) is 8.53. The predicted octanol–water partition coefficient (Wildman–Crippen LogP) is 0.139. The molecule has 0 atom stereocenters. The summed E-state index contributed by atoms with van der Waals surface area (Å²) in [5, 5.41) is 18.5. The number of carbonyl (C=O) groups excluding carboxylic acids is 1. The van der Waals surface area contributed by atoms with E-state index in [4.69, 9.17) is 16.7 Å².